The van der Waals surface area contributed by atoms with Crippen LogP contribution in [0.5, 0.6) is 34.5 Å². The third kappa shape index (κ3) is 6.26. The van der Waals surface area contributed by atoms with E-state index in [1.807, 2.05) is 24.3 Å². The molecule has 0 saturated heterocycles. The Kier molecular flexibility index (Phi) is 8.93. The first-order valence-corrected chi connectivity index (χ1v) is 25.2. The molecule has 0 heterocycles. The number of nitrogens with zero attached hydrogens (tertiary/aromatic N) is 3. The first-order chi connectivity index (χ1) is 32.0. The molecule has 0 radical (unpaired) electrons. The maximum Gasteiger partial charge on any atom is 0.213 e. The van der Waals surface area contributed by atoms with Crippen LogP contribution in [-0.2, 0) is 16.2 Å². The highest BCUT2D eigenvalue weighted by atomic mass is 16.5. The smallest absolute Gasteiger partial charge is 0.213 e. The lowest BCUT2D eigenvalue weighted by Crippen LogP contribution is -2.55. The van der Waals surface area contributed by atoms with Crippen molar-refractivity contribution in [3.05, 3.63) is 88.0 Å². The molecule has 12 saturated carbocycles. The molecule has 0 amide bonds. The monoisotopic (exact) mass is 876 g/mol. The van der Waals surface area contributed by atoms with Crippen LogP contribution in [0.1, 0.15) is 149 Å². The van der Waals surface area contributed by atoms with Crippen LogP contribution in [0.25, 0.3) is 0 Å². The van der Waals surface area contributed by atoms with Crippen molar-refractivity contribution in [1.82, 2.24) is 0 Å². The predicted octanol–water partition coefficient (Wildman–Crippen LogP) is 12.8. The molecule has 9 nitrogen and oxygen atoms in total. The van der Waals surface area contributed by atoms with Gasteiger partial charge in [0.1, 0.15) is 35.5 Å². The second-order valence-corrected chi connectivity index (χ2v) is 23.6. The number of nitrogens with two attached hydrogens (primary N) is 3. The summed E-state index contributed by atoms with van der Waals surface area (Å²) in [6, 6.07) is 23.1. The summed E-state index contributed by atoms with van der Waals surface area (Å²) in [7, 11) is 0. The van der Waals surface area contributed by atoms with Crippen molar-refractivity contribution in [2.24, 2.45) is 53.3 Å². The summed E-state index contributed by atoms with van der Waals surface area (Å²) in [6.45, 7) is 0. The molecular formula is C57H60N6O3. The molecular weight excluding hydrogens is 817 g/mol. The van der Waals surface area contributed by atoms with Crippen molar-refractivity contribution in [1.29, 1.82) is 15.8 Å². The van der Waals surface area contributed by atoms with Crippen molar-refractivity contribution in [3.8, 4) is 52.7 Å². The minimum Gasteiger partial charge on any atom is -0.452 e. The second-order valence-electron chi connectivity index (χ2n) is 23.6. The van der Waals surface area contributed by atoms with Crippen LogP contribution >= 0.6 is 0 Å². The van der Waals surface area contributed by atoms with Gasteiger partial charge in [0.05, 0.1) is 16.7 Å². The first-order valence-electron chi connectivity index (χ1n) is 25.2. The molecule has 12 bridgehead atoms. The van der Waals surface area contributed by atoms with Gasteiger partial charge in [-0.25, -0.2) is 0 Å². The predicted molar refractivity (Wildman–Crippen MR) is 253 cm³/mol. The standard InChI is InChI=1S/C57H60N6O3/c58-28-40-16-43(61)1-4-46(40)64-52-50(56-22-34-10-35(23-56)12-36(11-34)24-56)49(55-19-31-7-32(20-55)9-33(8-31)21-55)51(57-25-37-13-38(26-57)15-39(14-37)27-57)53(65-47-5-2-44(62)17-41(47)29-59)54(52)66-48-6-3-45(63)18-42(48)30-60/h1-6,16-18,31-39H,7-15,19-27,61-63H2. The fraction of sp³-hybridized carbons (Fsp3) is 0.526. The molecule has 12 aliphatic rings. The fourth-order valence-corrected chi connectivity index (χ4v) is 18.3. The molecule has 0 spiro atoms. The normalized spacial score (nSPS) is 35.9. The Labute approximate surface area is 388 Å². The van der Waals surface area contributed by atoms with Gasteiger partial charge in [-0.15, -0.1) is 0 Å². The summed E-state index contributed by atoms with van der Waals surface area (Å²) in [5, 5.41) is 32.3. The van der Waals surface area contributed by atoms with Gasteiger partial charge < -0.3 is 31.4 Å². The quantitative estimate of drug-likeness (QED) is 0.138. The summed E-state index contributed by atoms with van der Waals surface area (Å²) in [5.74, 6) is 8.64. The molecule has 336 valence electrons. The highest BCUT2D eigenvalue weighted by Crippen LogP contribution is 2.73. The molecule has 0 unspecified atom stereocenters. The number of nitriles is 3. The van der Waals surface area contributed by atoms with Gasteiger partial charge in [0.2, 0.25) is 5.75 Å². The first kappa shape index (κ1) is 40.4. The number of rotatable bonds is 9. The highest BCUT2D eigenvalue weighted by molar-refractivity contribution is 5.74. The molecule has 6 N–H and O–H groups in total. The van der Waals surface area contributed by atoms with Crippen LogP contribution in [0.15, 0.2) is 54.6 Å². The molecule has 12 aliphatic carbocycles. The lowest BCUT2D eigenvalue weighted by Gasteiger charge is -2.63. The van der Waals surface area contributed by atoms with E-state index in [0.717, 1.165) is 57.8 Å². The van der Waals surface area contributed by atoms with Crippen molar-refractivity contribution in [2.45, 2.75) is 132 Å². The fourth-order valence-electron chi connectivity index (χ4n) is 18.3. The summed E-state index contributed by atoms with van der Waals surface area (Å²) in [6.07, 6.45) is 21.7. The van der Waals surface area contributed by atoms with Crippen molar-refractivity contribution < 1.29 is 14.2 Å². The molecule has 0 aliphatic heterocycles. The molecule has 0 atom stereocenters. The van der Waals surface area contributed by atoms with E-state index in [4.69, 9.17) is 31.4 Å². The molecule has 9 heteroatoms. The van der Waals surface area contributed by atoms with Gasteiger partial charge in [-0.2, -0.15) is 15.8 Å². The number of hydrogen-bond acceptors (Lipinski definition) is 9. The Morgan fingerprint density at radius 3 is 0.864 bits per heavy atom. The van der Waals surface area contributed by atoms with Crippen molar-refractivity contribution in [2.75, 3.05) is 17.2 Å². The van der Waals surface area contributed by atoms with E-state index in [0.29, 0.717) is 122 Å². The third-order valence-electron chi connectivity index (χ3n) is 19.1. The summed E-state index contributed by atoms with van der Waals surface area (Å²) >= 11 is 0. The van der Waals surface area contributed by atoms with E-state index in [1.165, 1.54) is 74.5 Å². The zero-order valence-electron chi connectivity index (χ0n) is 37.9. The summed E-state index contributed by atoms with van der Waals surface area (Å²) < 4.78 is 22.8. The van der Waals surface area contributed by atoms with Crippen LogP contribution < -0.4 is 31.4 Å². The summed E-state index contributed by atoms with van der Waals surface area (Å²) in [5.41, 5.74) is 25.2. The number of nitrogen functional groups attached to an aromatic ring is 3. The van der Waals surface area contributed by atoms with Gasteiger partial charge in [0.15, 0.2) is 11.5 Å². The van der Waals surface area contributed by atoms with E-state index < -0.39 is 0 Å². The average molecular weight is 877 g/mol. The van der Waals surface area contributed by atoms with Crippen molar-refractivity contribution >= 4 is 17.1 Å². The van der Waals surface area contributed by atoms with E-state index in [1.54, 1.807) is 30.3 Å². The van der Waals surface area contributed by atoms with E-state index in [-0.39, 0.29) is 16.2 Å². The van der Waals surface area contributed by atoms with Crippen LogP contribution in [0.2, 0.25) is 0 Å². The minimum atomic E-state index is -0.185. The van der Waals surface area contributed by atoms with Crippen LogP contribution in [0, 0.1) is 87.3 Å². The molecule has 4 aromatic carbocycles. The number of anilines is 3. The molecule has 12 fully saturated rings. The zero-order valence-corrected chi connectivity index (χ0v) is 37.9. The maximum absolute atomic E-state index is 10.8. The summed E-state index contributed by atoms with van der Waals surface area (Å²) in [4.78, 5) is 0. The molecule has 0 aromatic heterocycles. The van der Waals surface area contributed by atoms with E-state index >= 15 is 0 Å². The van der Waals surface area contributed by atoms with Gasteiger partial charge in [-0.3, -0.25) is 0 Å². The van der Waals surface area contributed by atoms with Crippen LogP contribution in [0.4, 0.5) is 17.1 Å². The van der Waals surface area contributed by atoms with Gasteiger partial charge in [0.25, 0.3) is 0 Å². The Morgan fingerprint density at radius 1 is 0.364 bits per heavy atom. The maximum atomic E-state index is 10.8. The van der Waals surface area contributed by atoms with Gasteiger partial charge in [-0.05, 0) is 234 Å². The Morgan fingerprint density at radius 2 is 0.606 bits per heavy atom. The van der Waals surface area contributed by atoms with Gasteiger partial charge in [-0.1, -0.05) is 0 Å². The lowest BCUT2D eigenvalue weighted by atomic mass is 9.41. The Balaban J connectivity index is 1.21. The minimum absolute atomic E-state index is 0.0990. The Bertz CT molecular complexity index is 2600. The van der Waals surface area contributed by atoms with Crippen molar-refractivity contribution in [3.63, 3.8) is 0 Å². The molecule has 16 rings (SSSR count). The number of ether oxygens (including phenoxy) is 3. The second kappa shape index (κ2) is 14.6. The van der Waals surface area contributed by atoms with E-state index in [2.05, 4.69) is 18.2 Å². The van der Waals surface area contributed by atoms with Crippen LogP contribution in [-0.4, -0.2) is 0 Å². The lowest BCUT2D eigenvalue weighted by molar-refractivity contribution is -0.0255. The number of benzene rings is 4. The largest absolute Gasteiger partial charge is 0.452 e. The van der Waals surface area contributed by atoms with Crippen LogP contribution in [0.3, 0.4) is 0 Å². The number of hydrogen-bond donors (Lipinski definition) is 3. The molecule has 66 heavy (non-hydrogen) atoms. The van der Waals surface area contributed by atoms with E-state index in [9.17, 15) is 15.8 Å². The third-order valence-corrected chi connectivity index (χ3v) is 19.1. The highest BCUT2D eigenvalue weighted by Gasteiger charge is 2.62. The van der Waals surface area contributed by atoms with Gasteiger partial charge >= 0.3 is 0 Å². The zero-order chi connectivity index (χ0) is 44.7. The SMILES string of the molecule is N#Cc1cc(N)ccc1Oc1c(Oc2ccc(N)cc2C#N)c(C23CC4CC(CC(C4)C2)C3)c(C23CC4CC(CC(C4)C2)C3)c(C23CC4CC(CC(C4)C2)C3)c1Oc1ccc(N)cc1C#N. The topological polar surface area (TPSA) is 177 Å². The average Bonchev–Trinajstić information content (AvgIpc) is 3.27. The Hall–Kier alpha value is -5.85. The van der Waals surface area contributed by atoms with Gasteiger partial charge in [0, 0.05) is 39.0 Å². The molecule has 4 aromatic rings.